The predicted molar refractivity (Wildman–Crippen MR) is 120 cm³/mol. The maximum atomic E-state index is 12.3. The summed E-state index contributed by atoms with van der Waals surface area (Å²) in [6.07, 6.45) is 2.61. The first-order chi connectivity index (χ1) is 14.5. The fourth-order valence-electron chi connectivity index (χ4n) is 2.91. The zero-order valence-electron chi connectivity index (χ0n) is 17.2. The van der Waals surface area contributed by atoms with E-state index in [0.29, 0.717) is 28.7 Å². The average molecular weight is 423 g/mol. The van der Waals surface area contributed by atoms with Gasteiger partial charge in [0.05, 0.1) is 0 Å². The minimum atomic E-state index is -0.291. The van der Waals surface area contributed by atoms with Crippen LogP contribution < -0.4 is 10.6 Å². The SMILES string of the molecule is CC(C)Cc1nnc(C(=O)Nc2ccc(C(=O)NCCCc3ccccc3)cc2)s1. The monoisotopic (exact) mass is 422 g/mol. The number of nitrogens with zero attached hydrogens (tertiary/aromatic N) is 2. The van der Waals surface area contributed by atoms with Gasteiger partial charge >= 0.3 is 0 Å². The van der Waals surface area contributed by atoms with Crippen LogP contribution in [0.4, 0.5) is 5.69 Å². The predicted octanol–water partition coefficient (Wildman–Crippen LogP) is 4.35. The van der Waals surface area contributed by atoms with Gasteiger partial charge in [0.15, 0.2) is 0 Å². The smallest absolute Gasteiger partial charge is 0.286 e. The van der Waals surface area contributed by atoms with Crippen LogP contribution >= 0.6 is 11.3 Å². The van der Waals surface area contributed by atoms with E-state index in [4.69, 9.17) is 0 Å². The van der Waals surface area contributed by atoms with Crippen molar-refractivity contribution < 1.29 is 9.59 Å². The van der Waals surface area contributed by atoms with Crippen LogP contribution in [0.25, 0.3) is 0 Å². The van der Waals surface area contributed by atoms with E-state index in [9.17, 15) is 9.59 Å². The largest absolute Gasteiger partial charge is 0.352 e. The van der Waals surface area contributed by atoms with Crippen molar-refractivity contribution in [1.29, 1.82) is 0 Å². The van der Waals surface area contributed by atoms with Crippen molar-refractivity contribution in [2.45, 2.75) is 33.1 Å². The van der Waals surface area contributed by atoms with E-state index in [-0.39, 0.29) is 11.8 Å². The van der Waals surface area contributed by atoms with Crippen LogP contribution in [0.1, 0.15) is 51.0 Å². The number of hydrogen-bond acceptors (Lipinski definition) is 5. The Morgan fingerprint density at radius 2 is 1.70 bits per heavy atom. The van der Waals surface area contributed by atoms with Crippen molar-refractivity contribution in [3.63, 3.8) is 0 Å². The molecule has 7 heteroatoms. The van der Waals surface area contributed by atoms with Gasteiger partial charge in [-0.25, -0.2) is 0 Å². The first-order valence-corrected chi connectivity index (χ1v) is 10.9. The number of aromatic nitrogens is 2. The molecule has 0 aliphatic rings. The third-order valence-corrected chi connectivity index (χ3v) is 5.36. The molecular formula is C23H26N4O2S. The molecular weight excluding hydrogens is 396 g/mol. The van der Waals surface area contributed by atoms with Crippen LogP contribution in [-0.2, 0) is 12.8 Å². The second kappa shape index (κ2) is 10.6. The van der Waals surface area contributed by atoms with Crippen molar-refractivity contribution in [3.05, 3.63) is 75.7 Å². The molecule has 2 N–H and O–H groups in total. The Bertz CT molecular complexity index is 968. The average Bonchev–Trinajstić information content (AvgIpc) is 3.20. The highest BCUT2D eigenvalue weighted by molar-refractivity contribution is 7.13. The van der Waals surface area contributed by atoms with Gasteiger partial charge in [0.25, 0.3) is 11.8 Å². The summed E-state index contributed by atoms with van der Waals surface area (Å²) in [5.41, 5.74) is 2.43. The molecule has 2 amide bonds. The van der Waals surface area contributed by atoms with Gasteiger partial charge in [-0.3, -0.25) is 9.59 Å². The quantitative estimate of drug-likeness (QED) is 0.502. The number of carbonyl (C=O) groups is 2. The van der Waals surface area contributed by atoms with E-state index in [1.807, 2.05) is 18.2 Å². The van der Waals surface area contributed by atoms with E-state index < -0.39 is 0 Å². The number of hydrogen-bond donors (Lipinski definition) is 2. The minimum absolute atomic E-state index is 0.122. The van der Waals surface area contributed by atoms with E-state index >= 15 is 0 Å². The fourth-order valence-corrected chi connectivity index (χ4v) is 3.85. The Hall–Kier alpha value is -3.06. The number of benzene rings is 2. The molecule has 0 saturated carbocycles. The summed E-state index contributed by atoms with van der Waals surface area (Å²) in [7, 11) is 0. The lowest BCUT2D eigenvalue weighted by Crippen LogP contribution is -2.24. The maximum Gasteiger partial charge on any atom is 0.286 e. The molecule has 0 bridgehead atoms. The van der Waals surface area contributed by atoms with Crippen LogP contribution in [0, 0.1) is 5.92 Å². The summed E-state index contributed by atoms with van der Waals surface area (Å²) in [5, 5.41) is 15.0. The normalized spacial score (nSPS) is 10.8. The van der Waals surface area contributed by atoms with Crippen molar-refractivity contribution in [1.82, 2.24) is 15.5 Å². The zero-order chi connectivity index (χ0) is 21.3. The van der Waals surface area contributed by atoms with Gasteiger partial charge in [0.2, 0.25) is 5.01 Å². The number of anilines is 1. The van der Waals surface area contributed by atoms with Crippen LogP contribution in [0.2, 0.25) is 0 Å². The molecule has 0 saturated heterocycles. The van der Waals surface area contributed by atoms with Crippen LogP contribution in [0.15, 0.2) is 54.6 Å². The van der Waals surface area contributed by atoms with Crippen molar-refractivity contribution in [2.24, 2.45) is 5.92 Å². The van der Waals surface area contributed by atoms with Gasteiger partial charge in [-0.2, -0.15) is 0 Å². The van der Waals surface area contributed by atoms with Gasteiger partial charge in [-0.05, 0) is 48.6 Å². The molecule has 156 valence electrons. The van der Waals surface area contributed by atoms with Gasteiger partial charge in [-0.1, -0.05) is 55.5 Å². The first-order valence-electron chi connectivity index (χ1n) is 10.1. The molecule has 1 aromatic heterocycles. The molecule has 0 spiro atoms. The lowest BCUT2D eigenvalue weighted by molar-refractivity contribution is 0.0952. The zero-order valence-corrected chi connectivity index (χ0v) is 18.0. The number of nitrogens with one attached hydrogen (secondary N) is 2. The van der Waals surface area contributed by atoms with E-state index in [0.717, 1.165) is 24.3 Å². The van der Waals surface area contributed by atoms with Crippen molar-refractivity contribution in [3.8, 4) is 0 Å². The Balaban J connectivity index is 1.46. The van der Waals surface area contributed by atoms with Crippen molar-refractivity contribution >= 4 is 28.8 Å². The first kappa shape index (κ1) is 21.6. The molecule has 0 aliphatic heterocycles. The summed E-state index contributed by atoms with van der Waals surface area (Å²) < 4.78 is 0. The summed E-state index contributed by atoms with van der Waals surface area (Å²) in [6, 6.07) is 17.0. The van der Waals surface area contributed by atoms with E-state index in [2.05, 4.69) is 46.8 Å². The second-order valence-corrected chi connectivity index (χ2v) is 8.54. The standard InChI is InChI=1S/C23H26N4O2S/c1-16(2)15-20-26-27-23(30-20)22(29)25-19-12-10-18(11-13-19)21(28)24-14-6-9-17-7-4-3-5-8-17/h3-5,7-8,10-13,16H,6,9,14-15H2,1-2H3,(H,24,28)(H,25,29). The number of rotatable bonds is 9. The summed E-state index contributed by atoms with van der Waals surface area (Å²) in [5.74, 6) is 0.0508. The highest BCUT2D eigenvalue weighted by Crippen LogP contribution is 2.16. The maximum absolute atomic E-state index is 12.3. The number of aryl methyl sites for hydroxylation is 1. The fraction of sp³-hybridized carbons (Fsp3) is 0.304. The number of amides is 2. The topological polar surface area (TPSA) is 84.0 Å². The third-order valence-electron chi connectivity index (χ3n) is 4.42. The van der Waals surface area contributed by atoms with Crippen LogP contribution in [0.5, 0.6) is 0 Å². The Labute approximate surface area is 180 Å². The molecule has 0 unspecified atom stereocenters. The van der Waals surface area contributed by atoms with E-state index in [1.165, 1.54) is 16.9 Å². The minimum Gasteiger partial charge on any atom is -0.352 e. The van der Waals surface area contributed by atoms with E-state index in [1.54, 1.807) is 24.3 Å². The summed E-state index contributed by atoms with van der Waals surface area (Å²) >= 11 is 1.31. The summed E-state index contributed by atoms with van der Waals surface area (Å²) in [4.78, 5) is 24.6. The molecule has 1 heterocycles. The summed E-state index contributed by atoms with van der Waals surface area (Å²) in [6.45, 7) is 4.81. The highest BCUT2D eigenvalue weighted by Gasteiger charge is 2.14. The Morgan fingerprint density at radius 1 is 0.967 bits per heavy atom. The molecule has 30 heavy (non-hydrogen) atoms. The van der Waals surface area contributed by atoms with Gasteiger partial charge < -0.3 is 10.6 Å². The Morgan fingerprint density at radius 3 is 2.40 bits per heavy atom. The molecule has 0 atom stereocenters. The molecule has 3 aromatic rings. The van der Waals surface area contributed by atoms with Gasteiger partial charge in [0.1, 0.15) is 5.01 Å². The Kier molecular flexibility index (Phi) is 7.68. The lowest BCUT2D eigenvalue weighted by Gasteiger charge is -2.07. The molecule has 6 nitrogen and oxygen atoms in total. The molecule has 2 aromatic carbocycles. The van der Waals surface area contributed by atoms with Crippen LogP contribution in [-0.4, -0.2) is 28.6 Å². The second-order valence-electron chi connectivity index (χ2n) is 7.48. The van der Waals surface area contributed by atoms with Gasteiger partial charge in [0, 0.05) is 24.2 Å². The molecule has 3 rings (SSSR count). The van der Waals surface area contributed by atoms with Gasteiger partial charge in [-0.15, -0.1) is 10.2 Å². The van der Waals surface area contributed by atoms with Crippen LogP contribution in [0.3, 0.4) is 0 Å². The third kappa shape index (κ3) is 6.49. The molecule has 0 radical (unpaired) electrons. The lowest BCUT2D eigenvalue weighted by atomic mass is 10.1. The molecule has 0 fully saturated rings. The molecule has 0 aliphatic carbocycles. The number of carbonyl (C=O) groups excluding carboxylic acids is 2. The highest BCUT2D eigenvalue weighted by atomic mass is 32.1. The van der Waals surface area contributed by atoms with Crippen molar-refractivity contribution in [2.75, 3.05) is 11.9 Å².